The Morgan fingerprint density at radius 3 is 2.47 bits per heavy atom. The summed E-state index contributed by atoms with van der Waals surface area (Å²) in [5.74, 6) is -1.33. The molecule has 1 saturated heterocycles. The summed E-state index contributed by atoms with van der Waals surface area (Å²) in [5.41, 5.74) is -0.222. The number of nitrogens with zero attached hydrogens (tertiary/aromatic N) is 1. The van der Waals surface area contributed by atoms with Crippen LogP contribution in [-0.4, -0.2) is 60.8 Å². The summed E-state index contributed by atoms with van der Waals surface area (Å²) in [6.07, 6.45) is 1.21. The summed E-state index contributed by atoms with van der Waals surface area (Å²) in [4.78, 5) is 26.8. The number of rotatable bonds is 9. The zero-order valence-corrected chi connectivity index (χ0v) is 22.2. The Hall–Kier alpha value is -2.30. The summed E-state index contributed by atoms with van der Waals surface area (Å²) in [7, 11) is -4.23. The van der Waals surface area contributed by atoms with Crippen LogP contribution < -0.4 is 5.32 Å². The fraction of sp³-hybridized carbons (Fsp3) is 0.462. The maximum Gasteiger partial charge on any atom is 0.269 e. The highest BCUT2D eigenvalue weighted by Crippen LogP contribution is 2.46. The average Bonchev–Trinajstić information content (AvgIpc) is 2.79. The molecule has 1 amide bonds. The molecule has 0 radical (unpaired) electrons. The second-order valence-electron chi connectivity index (χ2n) is 10.3. The zero-order chi connectivity index (χ0) is 26.7. The summed E-state index contributed by atoms with van der Waals surface area (Å²) in [6.45, 7) is 7.64. The number of piperidine rings is 1. The molecular formula is C26H33ClN2O6S. The molecule has 0 aromatic heterocycles. The second kappa shape index (κ2) is 11.0. The van der Waals surface area contributed by atoms with Gasteiger partial charge < -0.3 is 20.1 Å². The Bertz CT molecular complexity index is 1200. The predicted octanol–water partition coefficient (Wildman–Crippen LogP) is 3.28. The largest absolute Gasteiger partial charge is 0.385 e. The van der Waals surface area contributed by atoms with Gasteiger partial charge in [-0.25, -0.2) is 0 Å². The van der Waals surface area contributed by atoms with E-state index >= 15 is 0 Å². The number of halogens is 1. The van der Waals surface area contributed by atoms with Crippen molar-refractivity contribution in [2.45, 2.75) is 44.6 Å². The van der Waals surface area contributed by atoms with E-state index in [4.69, 9.17) is 16.2 Å². The third kappa shape index (κ3) is 6.72. The molecule has 0 saturated carbocycles. The molecule has 0 bridgehead atoms. The summed E-state index contributed by atoms with van der Waals surface area (Å²) in [6, 6.07) is 12.4. The smallest absolute Gasteiger partial charge is 0.269 e. The minimum absolute atomic E-state index is 0.197. The lowest BCUT2D eigenvalue weighted by Crippen LogP contribution is -2.57. The highest BCUT2D eigenvalue weighted by Gasteiger charge is 2.48. The molecule has 0 spiro atoms. The third-order valence-corrected chi connectivity index (χ3v) is 7.94. The molecule has 3 rings (SSSR count). The number of hydrogen-bond acceptors (Lipinski definition) is 6. The molecule has 1 unspecified atom stereocenters. The minimum Gasteiger partial charge on any atom is -0.385 e. The zero-order valence-electron chi connectivity index (χ0n) is 20.6. The van der Waals surface area contributed by atoms with Crippen LogP contribution in [0.3, 0.4) is 0 Å². The van der Waals surface area contributed by atoms with E-state index in [-0.39, 0.29) is 17.0 Å². The van der Waals surface area contributed by atoms with Crippen LogP contribution in [0.25, 0.3) is 0 Å². The van der Waals surface area contributed by atoms with Gasteiger partial charge in [-0.2, -0.15) is 8.42 Å². The number of amides is 1. The van der Waals surface area contributed by atoms with Crippen LogP contribution in [-0.2, 0) is 26.3 Å². The first-order chi connectivity index (χ1) is 16.7. The van der Waals surface area contributed by atoms with Gasteiger partial charge in [-0.05, 0) is 47.7 Å². The number of carbonyl (C=O) groups is 2. The SMILES string of the molecule is C[C@@H](CN1CC[C@](O)(c2ccc(Cl)cc2)C(C)(C)C1)C(C=O)NC(=O)c1cccc(CS(=O)(=O)O)c1. The van der Waals surface area contributed by atoms with Crippen molar-refractivity contribution in [3.8, 4) is 0 Å². The predicted molar refractivity (Wildman–Crippen MR) is 138 cm³/mol. The van der Waals surface area contributed by atoms with Crippen molar-refractivity contribution in [3.05, 3.63) is 70.2 Å². The van der Waals surface area contributed by atoms with Crippen molar-refractivity contribution in [3.63, 3.8) is 0 Å². The normalized spacial score (nSPS) is 21.9. The van der Waals surface area contributed by atoms with Gasteiger partial charge in [-0.1, -0.05) is 56.6 Å². The summed E-state index contributed by atoms with van der Waals surface area (Å²) < 4.78 is 31.4. The van der Waals surface area contributed by atoms with Crippen molar-refractivity contribution in [1.29, 1.82) is 0 Å². The topological polar surface area (TPSA) is 124 Å². The van der Waals surface area contributed by atoms with E-state index in [2.05, 4.69) is 10.2 Å². The van der Waals surface area contributed by atoms with Crippen LogP contribution in [0.5, 0.6) is 0 Å². The van der Waals surface area contributed by atoms with Gasteiger partial charge in [-0.15, -0.1) is 0 Å². The molecule has 0 aliphatic carbocycles. The molecule has 3 atom stereocenters. The molecule has 2 aromatic carbocycles. The van der Waals surface area contributed by atoms with Crippen LogP contribution >= 0.6 is 11.6 Å². The van der Waals surface area contributed by atoms with Crippen molar-refractivity contribution in [2.24, 2.45) is 11.3 Å². The van der Waals surface area contributed by atoms with Gasteiger partial charge in [0.15, 0.2) is 0 Å². The van der Waals surface area contributed by atoms with Gasteiger partial charge in [0, 0.05) is 35.6 Å². The van der Waals surface area contributed by atoms with E-state index in [1.807, 2.05) is 32.9 Å². The van der Waals surface area contributed by atoms with E-state index in [9.17, 15) is 23.1 Å². The third-order valence-electron chi connectivity index (χ3n) is 6.99. The number of aldehydes is 1. The number of hydrogen-bond donors (Lipinski definition) is 3. The molecule has 196 valence electrons. The van der Waals surface area contributed by atoms with E-state index in [1.54, 1.807) is 12.1 Å². The van der Waals surface area contributed by atoms with Crippen molar-refractivity contribution in [2.75, 3.05) is 19.6 Å². The van der Waals surface area contributed by atoms with E-state index in [0.29, 0.717) is 37.4 Å². The number of likely N-dealkylation sites (tertiary alicyclic amines) is 1. The first-order valence-electron chi connectivity index (χ1n) is 11.8. The molecule has 3 N–H and O–H groups in total. The molecule has 1 aliphatic rings. The lowest BCUT2D eigenvalue weighted by molar-refractivity contribution is -0.128. The Kier molecular flexibility index (Phi) is 8.63. The maximum absolute atomic E-state index is 12.8. The Morgan fingerprint density at radius 1 is 1.22 bits per heavy atom. The first-order valence-corrected chi connectivity index (χ1v) is 13.7. The number of carbonyl (C=O) groups excluding carboxylic acids is 2. The molecular weight excluding hydrogens is 504 g/mol. The van der Waals surface area contributed by atoms with Crippen molar-refractivity contribution >= 4 is 33.9 Å². The van der Waals surface area contributed by atoms with Crippen LogP contribution in [0.1, 0.15) is 48.7 Å². The van der Waals surface area contributed by atoms with Gasteiger partial charge in [0.1, 0.15) is 12.0 Å². The minimum atomic E-state index is -4.23. The number of nitrogens with one attached hydrogen (secondary N) is 1. The number of benzene rings is 2. The quantitative estimate of drug-likeness (QED) is 0.332. The fourth-order valence-electron chi connectivity index (χ4n) is 4.92. The van der Waals surface area contributed by atoms with E-state index in [1.165, 1.54) is 24.3 Å². The fourth-order valence-corrected chi connectivity index (χ4v) is 5.65. The molecule has 8 nitrogen and oxygen atoms in total. The standard InChI is InChI=1S/C26H33ClN2O6S/c1-18(23(15-30)28-24(31)20-6-4-5-19(13-20)16-36(33,34)35)14-29-12-11-26(32,25(2,3)17-29)21-7-9-22(27)10-8-21/h4-10,13,15,18,23,32H,11-12,14,16-17H2,1-3H3,(H,28,31)(H,33,34,35)/t18-,23?,26-/m0/s1. The highest BCUT2D eigenvalue weighted by atomic mass is 35.5. The van der Waals surface area contributed by atoms with Crippen molar-refractivity contribution in [1.82, 2.24) is 10.2 Å². The van der Waals surface area contributed by atoms with Crippen LogP contribution in [0.15, 0.2) is 48.5 Å². The van der Waals surface area contributed by atoms with Gasteiger partial charge >= 0.3 is 0 Å². The molecule has 1 fully saturated rings. The number of aliphatic hydroxyl groups is 1. The maximum atomic E-state index is 12.8. The van der Waals surface area contributed by atoms with Gasteiger partial charge in [0.2, 0.25) is 0 Å². The van der Waals surface area contributed by atoms with Gasteiger partial charge in [0.25, 0.3) is 16.0 Å². The monoisotopic (exact) mass is 536 g/mol. The van der Waals surface area contributed by atoms with Gasteiger partial charge in [0.05, 0.1) is 11.6 Å². The Labute approximate surface area is 217 Å². The average molecular weight is 537 g/mol. The molecule has 10 heteroatoms. The second-order valence-corrected chi connectivity index (χ2v) is 12.2. The van der Waals surface area contributed by atoms with Crippen molar-refractivity contribution < 1.29 is 27.7 Å². The van der Waals surface area contributed by atoms with Crippen LogP contribution in [0.4, 0.5) is 0 Å². The summed E-state index contributed by atoms with van der Waals surface area (Å²) in [5, 5.41) is 14.9. The Balaban J connectivity index is 1.64. The highest BCUT2D eigenvalue weighted by molar-refractivity contribution is 7.85. The van der Waals surface area contributed by atoms with Gasteiger partial charge in [-0.3, -0.25) is 9.35 Å². The van der Waals surface area contributed by atoms with E-state index < -0.39 is 38.8 Å². The lowest BCUT2D eigenvalue weighted by atomic mass is 9.66. The molecule has 2 aromatic rings. The Morgan fingerprint density at radius 2 is 1.89 bits per heavy atom. The molecule has 36 heavy (non-hydrogen) atoms. The molecule has 1 aliphatic heterocycles. The van der Waals surface area contributed by atoms with Crippen LogP contribution in [0, 0.1) is 11.3 Å². The lowest BCUT2D eigenvalue weighted by Gasteiger charge is -2.51. The van der Waals surface area contributed by atoms with Crippen LogP contribution in [0.2, 0.25) is 5.02 Å². The summed E-state index contributed by atoms with van der Waals surface area (Å²) >= 11 is 6.02. The first kappa shape index (κ1) is 28.3. The van der Waals surface area contributed by atoms with E-state index in [0.717, 1.165) is 5.56 Å². The molecule has 1 heterocycles.